The monoisotopic (exact) mass is 488 g/mol. The molecule has 1 aromatic carbocycles. The smallest absolute Gasteiger partial charge is 0.320 e. The Morgan fingerprint density at radius 1 is 1.00 bits per heavy atom. The van der Waals surface area contributed by atoms with E-state index in [4.69, 9.17) is 24.3 Å². The van der Waals surface area contributed by atoms with E-state index in [2.05, 4.69) is 33.8 Å². The molecule has 4 aliphatic heterocycles. The van der Waals surface area contributed by atoms with Gasteiger partial charge in [-0.3, -0.25) is 4.90 Å². The molecule has 0 amide bonds. The number of benzene rings is 1. The number of anilines is 1. The zero-order valence-electron chi connectivity index (χ0n) is 20.8. The first-order valence-electron chi connectivity index (χ1n) is 13.3. The Labute approximate surface area is 210 Å². The van der Waals surface area contributed by atoms with E-state index in [1.807, 2.05) is 16.9 Å². The molecule has 0 N–H and O–H groups in total. The minimum Gasteiger partial charge on any atom is -0.467 e. The highest BCUT2D eigenvalue weighted by atomic mass is 16.5. The summed E-state index contributed by atoms with van der Waals surface area (Å²) in [6, 6.07) is 8.07. The number of piperidine rings is 1. The van der Waals surface area contributed by atoms with Gasteiger partial charge in [0.05, 0.1) is 44.2 Å². The molecule has 188 valence electrons. The topological polar surface area (TPSA) is 77.8 Å². The number of aromatic nitrogens is 4. The molecule has 0 radical (unpaired) electrons. The van der Waals surface area contributed by atoms with Crippen LogP contribution in [0.15, 0.2) is 24.4 Å². The molecule has 1 saturated carbocycles. The molecular weight excluding hydrogens is 456 g/mol. The highest BCUT2D eigenvalue weighted by Gasteiger charge is 2.57. The van der Waals surface area contributed by atoms with E-state index in [1.54, 1.807) is 7.11 Å². The summed E-state index contributed by atoms with van der Waals surface area (Å²) in [6.07, 6.45) is 4.49. The van der Waals surface area contributed by atoms with Gasteiger partial charge in [0.1, 0.15) is 5.82 Å². The molecule has 9 heteroatoms. The van der Waals surface area contributed by atoms with Gasteiger partial charge in [-0.15, -0.1) is 0 Å². The van der Waals surface area contributed by atoms with Crippen LogP contribution in [0.25, 0.3) is 16.7 Å². The van der Waals surface area contributed by atoms with Gasteiger partial charge in [-0.25, -0.2) is 4.68 Å². The molecule has 4 saturated heterocycles. The Morgan fingerprint density at radius 3 is 2.58 bits per heavy atom. The summed E-state index contributed by atoms with van der Waals surface area (Å²) in [5, 5.41) is 5.90. The highest BCUT2D eigenvalue weighted by molar-refractivity contribution is 5.82. The van der Waals surface area contributed by atoms with Crippen molar-refractivity contribution in [2.24, 2.45) is 11.8 Å². The molecule has 2 aromatic heterocycles. The molecular formula is C27H32N6O3. The number of hydrogen-bond acceptors (Lipinski definition) is 8. The Morgan fingerprint density at radius 2 is 1.86 bits per heavy atom. The number of ether oxygens (including phenoxy) is 3. The molecule has 1 aliphatic carbocycles. The first kappa shape index (κ1) is 21.3. The van der Waals surface area contributed by atoms with Gasteiger partial charge in [-0.1, -0.05) is 0 Å². The highest BCUT2D eigenvalue weighted by Crippen LogP contribution is 2.59. The van der Waals surface area contributed by atoms with Gasteiger partial charge in [0.2, 0.25) is 0 Å². The summed E-state index contributed by atoms with van der Waals surface area (Å²) in [7, 11) is 1.62. The Kier molecular flexibility index (Phi) is 4.67. The molecule has 5 fully saturated rings. The van der Waals surface area contributed by atoms with Crippen LogP contribution in [0.2, 0.25) is 0 Å². The number of morpholine rings is 1. The van der Waals surface area contributed by atoms with E-state index < -0.39 is 0 Å². The number of aryl methyl sites for hydroxylation is 1. The second-order valence-electron chi connectivity index (χ2n) is 11.2. The predicted molar refractivity (Wildman–Crippen MR) is 134 cm³/mol. The number of fused-ring (bicyclic) bond motifs is 4. The van der Waals surface area contributed by atoms with Crippen LogP contribution in [0.3, 0.4) is 0 Å². The second kappa shape index (κ2) is 7.87. The van der Waals surface area contributed by atoms with Gasteiger partial charge in [-0.05, 0) is 60.8 Å². The fourth-order valence-electron chi connectivity index (χ4n) is 7.30. The van der Waals surface area contributed by atoms with Crippen LogP contribution < -0.4 is 9.64 Å². The summed E-state index contributed by atoms with van der Waals surface area (Å²) in [6.45, 7) is 8.10. The Hall–Kier alpha value is -2.75. The lowest BCUT2D eigenvalue weighted by atomic mass is 9.99. The number of likely N-dealkylation sites (tertiary alicyclic amines) is 1. The maximum Gasteiger partial charge on any atom is 0.320 e. The summed E-state index contributed by atoms with van der Waals surface area (Å²) in [4.78, 5) is 14.4. The fourth-order valence-corrected chi connectivity index (χ4v) is 7.30. The third kappa shape index (κ3) is 3.22. The molecule has 9 nitrogen and oxygen atoms in total. The third-order valence-electron chi connectivity index (χ3n) is 9.23. The molecule has 8 rings (SSSR count). The number of methoxy groups -OCH3 is 1. The fraction of sp³-hybridized carbons (Fsp3) is 0.593. The van der Waals surface area contributed by atoms with E-state index in [1.165, 1.54) is 30.6 Å². The van der Waals surface area contributed by atoms with Crippen LogP contribution in [-0.4, -0.2) is 89.4 Å². The van der Waals surface area contributed by atoms with Crippen molar-refractivity contribution in [3.05, 3.63) is 35.5 Å². The van der Waals surface area contributed by atoms with Gasteiger partial charge < -0.3 is 19.1 Å². The van der Waals surface area contributed by atoms with Crippen molar-refractivity contribution in [2.45, 2.75) is 43.9 Å². The number of hydrogen-bond donors (Lipinski definition) is 0. The summed E-state index contributed by atoms with van der Waals surface area (Å²) in [5.74, 6) is 3.80. The van der Waals surface area contributed by atoms with E-state index in [0.717, 1.165) is 67.2 Å². The predicted octanol–water partition coefficient (Wildman–Crippen LogP) is 2.54. The summed E-state index contributed by atoms with van der Waals surface area (Å²) < 4.78 is 18.9. The maximum absolute atomic E-state index is 5.80. The lowest BCUT2D eigenvalue weighted by Crippen LogP contribution is -2.37. The van der Waals surface area contributed by atoms with Gasteiger partial charge in [-0.2, -0.15) is 15.1 Å². The normalized spacial score (nSPS) is 33.1. The molecule has 0 spiro atoms. The molecule has 5 aliphatic rings. The van der Waals surface area contributed by atoms with Crippen LogP contribution in [0, 0.1) is 18.8 Å². The average molecular weight is 489 g/mol. The lowest BCUT2D eigenvalue weighted by molar-refractivity contribution is 0.0988. The first-order chi connectivity index (χ1) is 17.7. The van der Waals surface area contributed by atoms with Crippen molar-refractivity contribution in [3.63, 3.8) is 0 Å². The van der Waals surface area contributed by atoms with Crippen molar-refractivity contribution in [1.82, 2.24) is 24.6 Å². The molecule has 3 aromatic rings. The van der Waals surface area contributed by atoms with Crippen LogP contribution >= 0.6 is 0 Å². The minimum absolute atomic E-state index is 0.297. The van der Waals surface area contributed by atoms with Gasteiger partial charge in [0.25, 0.3) is 0 Å². The van der Waals surface area contributed by atoms with Gasteiger partial charge in [0, 0.05) is 43.7 Å². The Bertz CT molecular complexity index is 1320. The van der Waals surface area contributed by atoms with E-state index in [9.17, 15) is 0 Å². The number of nitrogens with zero attached hydrogens (tertiary/aromatic N) is 6. The van der Waals surface area contributed by atoms with E-state index >= 15 is 0 Å². The van der Waals surface area contributed by atoms with E-state index in [-0.39, 0.29) is 0 Å². The lowest BCUT2D eigenvalue weighted by Gasteiger charge is -2.28. The van der Waals surface area contributed by atoms with Crippen LogP contribution in [-0.2, 0) is 9.47 Å². The molecule has 6 heterocycles. The summed E-state index contributed by atoms with van der Waals surface area (Å²) >= 11 is 0. The molecule has 5 atom stereocenters. The van der Waals surface area contributed by atoms with Gasteiger partial charge in [0.15, 0.2) is 5.82 Å². The summed E-state index contributed by atoms with van der Waals surface area (Å²) in [5.41, 5.74) is 3.93. The largest absolute Gasteiger partial charge is 0.467 e. The SMILES string of the molecule is COc1nc(N2C[C@H]3C[C@@H]2CO3)cc(-n2ncc3cc(C)c(C4C5CN([C@H]6CCOC6)CC54)cc32)n1. The van der Waals surface area contributed by atoms with Gasteiger partial charge >= 0.3 is 6.01 Å². The minimum atomic E-state index is 0.297. The van der Waals surface area contributed by atoms with Crippen molar-refractivity contribution < 1.29 is 14.2 Å². The number of rotatable bonds is 5. The van der Waals surface area contributed by atoms with Crippen LogP contribution in [0.1, 0.15) is 29.9 Å². The molecule has 36 heavy (non-hydrogen) atoms. The Balaban J connectivity index is 1.12. The average Bonchev–Trinajstić information content (AvgIpc) is 3.60. The van der Waals surface area contributed by atoms with Crippen molar-refractivity contribution in [3.8, 4) is 11.8 Å². The molecule has 2 bridgehead atoms. The zero-order valence-corrected chi connectivity index (χ0v) is 20.8. The van der Waals surface area contributed by atoms with Crippen molar-refractivity contribution in [1.29, 1.82) is 0 Å². The molecule has 2 unspecified atom stereocenters. The zero-order chi connectivity index (χ0) is 24.0. The van der Waals surface area contributed by atoms with E-state index in [0.29, 0.717) is 30.1 Å². The van der Waals surface area contributed by atoms with Crippen molar-refractivity contribution in [2.75, 3.05) is 51.5 Å². The third-order valence-corrected chi connectivity index (χ3v) is 9.23. The quantitative estimate of drug-likeness (QED) is 0.542. The first-order valence-corrected chi connectivity index (χ1v) is 13.3. The second-order valence-corrected chi connectivity index (χ2v) is 11.2. The maximum atomic E-state index is 5.80. The standard InChI is InChI=1S/C27H32N6O3/c1-15-5-16-9-28-33(25-8-24(29-27(30-25)34-2)32-10-19-6-18(32)14-36-19)23(16)7-20(15)26-21-11-31(12-22(21)26)17-3-4-35-13-17/h5,7-9,17-19,21-22,26H,3-4,6,10-14H2,1-2H3/t17-,18+,19+,21?,22?,26?/m0/s1. The van der Waals surface area contributed by atoms with Crippen LogP contribution in [0.4, 0.5) is 5.82 Å². The van der Waals surface area contributed by atoms with Crippen molar-refractivity contribution >= 4 is 16.7 Å². The van der Waals surface area contributed by atoms with Crippen LogP contribution in [0.5, 0.6) is 6.01 Å².